The van der Waals surface area contributed by atoms with Crippen LogP contribution in [-0.4, -0.2) is 23.7 Å². The van der Waals surface area contributed by atoms with Gasteiger partial charge in [-0.3, -0.25) is 9.59 Å². The van der Waals surface area contributed by atoms with E-state index in [9.17, 15) is 14.7 Å². The highest BCUT2D eigenvalue weighted by atomic mass is 16.5. The van der Waals surface area contributed by atoms with Gasteiger partial charge in [-0.2, -0.15) is 0 Å². The minimum atomic E-state index is -0.597. The van der Waals surface area contributed by atoms with E-state index in [1.54, 1.807) is 0 Å². The van der Waals surface area contributed by atoms with E-state index in [0.29, 0.717) is 18.9 Å². The number of aliphatic carboxylic acids is 1. The summed E-state index contributed by atoms with van der Waals surface area (Å²) in [4.78, 5) is 23.7. The fraction of sp³-hybridized carbons (Fsp3) is 0.893. The van der Waals surface area contributed by atoms with Crippen LogP contribution in [0.4, 0.5) is 0 Å². The molecule has 0 aliphatic rings. The molecule has 0 rings (SSSR count). The van der Waals surface area contributed by atoms with Crippen LogP contribution in [0, 0.1) is 23.2 Å². The molecule has 0 fully saturated rings. The molecule has 0 bridgehead atoms. The highest BCUT2D eigenvalue weighted by molar-refractivity contribution is 5.71. The second-order valence-corrected chi connectivity index (χ2v) is 19.9. The first-order valence-corrected chi connectivity index (χ1v) is 26.7. The molecule has 356 valence electrons. The molecule has 0 aromatic rings. The van der Waals surface area contributed by atoms with E-state index >= 15 is 0 Å². The monoisotopic (exact) mass is 845 g/mol. The Morgan fingerprint density at radius 1 is 0.483 bits per heavy atom. The van der Waals surface area contributed by atoms with Gasteiger partial charge < -0.3 is 9.84 Å². The van der Waals surface area contributed by atoms with Crippen molar-refractivity contribution < 1.29 is 19.4 Å². The third-order valence-electron chi connectivity index (χ3n) is 12.5. The van der Waals surface area contributed by atoms with Crippen LogP contribution in [-0.2, 0) is 14.3 Å². The molecule has 4 heteroatoms. The maximum Gasteiger partial charge on any atom is 0.307 e. The molecular weight excluding hydrogens is 737 g/mol. The molecule has 0 aliphatic carbocycles. The lowest BCUT2D eigenvalue weighted by Crippen LogP contribution is -2.32. The largest absolute Gasteiger partial charge is 0.481 e. The van der Waals surface area contributed by atoms with Crippen molar-refractivity contribution in [3.05, 3.63) is 24.3 Å². The van der Waals surface area contributed by atoms with Crippen molar-refractivity contribution in [3.8, 4) is 0 Å². The maximum absolute atomic E-state index is 11.9. The normalized spacial score (nSPS) is 12.9. The predicted octanol–water partition coefficient (Wildman–Crippen LogP) is 19.1. The molecule has 2 atom stereocenters. The average molecular weight is 845 g/mol. The van der Waals surface area contributed by atoms with Crippen LogP contribution in [0.25, 0.3) is 0 Å². The number of rotatable bonds is 44. The van der Waals surface area contributed by atoms with Gasteiger partial charge in [0.1, 0.15) is 0 Å². The van der Waals surface area contributed by atoms with Crippen molar-refractivity contribution in [1.82, 2.24) is 0 Å². The van der Waals surface area contributed by atoms with Crippen molar-refractivity contribution in [2.75, 3.05) is 6.61 Å². The molecule has 0 aliphatic heterocycles. The molecule has 0 spiro atoms. The maximum atomic E-state index is 11.9. The number of carbonyl (C=O) groups excluding carboxylic acids is 1. The topological polar surface area (TPSA) is 63.6 Å². The first kappa shape index (κ1) is 60.5. The molecule has 4 nitrogen and oxygen atoms in total. The molecule has 0 aromatic heterocycles. The Hall–Kier alpha value is -1.58. The van der Waals surface area contributed by atoms with Gasteiger partial charge in [-0.1, -0.05) is 234 Å². The lowest BCUT2D eigenvalue weighted by molar-refractivity contribution is -0.147. The number of esters is 1. The van der Waals surface area contributed by atoms with Crippen LogP contribution in [0.3, 0.4) is 0 Å². The number of carboxylic acids is 1. The molecule has 0 amide bonds. The van der Waals surface area contributed by atoms with E-state index in [-0.39, 0.29) is 17.3 Å². The molecule has 0 heterocycles. The summed E-state index contributed by atoms with van der Waals surface area (Å²) in [7, 11) is 0. The SMILES string of the molecule is CCCCCCCC/C=C\CCCCCCC(C(=O)O)C(C)(C)CC(C)CCCC.CCCCCCCC/C=C\CCCCCCCC(=O)OCCCCCCCC(C)C. The summed E-state index contributed by atoms with van der Waals surface area (Å²) in [6, 6.07) is 0. The summed E-state index contributed by atoms with van der Waals surface area (Å²) in [5, 5.41) is 9.79. The molecular formula is C56H108O4. The second kappa shape index (κ2) is 46.9. The number of allylic oxidation sites excluding steroid dienone is 4. The fourth-order valence-corrected chi connectivity index (χ4v) is 8.57. The minimum absolute atomic E-state index is 0.00688. The molecule has 1 N–H and O–H groups in total. The Kier molecular flexibility index (Phi) is 47.3. The van der Waals surface area contributed by atoms with Crippen molar-refractivity contribution in [2.45, 2.75) is 293 Å². The Morgan fingerprint density at radius 3 is 1.30 bits per heavy atom. The summed E-state index contributed by atoms with van der Waals surface area (Å²) in [5.74, 6) is 0.638. The number of hydrogen-bond donors (Lipinski definition) is 1. The van der Waals surface area contributed by atoms with Crippen molar-refractivity contribution >= 4 is 11.9 Å². The molecule has 60 heavy (non-hydrogen) atoms. The summed E-state index contributed by atoms with van der Waals surface area (Å²) < 4.78 is 5.36. The lowest BCUT2D eigenvalue weighted by Gasteiger charge is -2.34. The quantitative estimate of drug-likeness (QED) is 0.0377. The summed E-state index contributed by atoms with van der Waals surface area (Å²) in [6.45, 7) is 18.6. The highest BCUT2D eigenvalue weighted by Gasteiger charge is 2.35. The van der Waals surface area contributed by atoms with Crippen molar-refractivity contribution in [3.63, 3.8) is 0 Å². The smallest absolute Gasteiger partial charge is 0.307 e. The van der Waals surface area contributed by atoms with E-state index in [0.717, 1.165) is 50.9 Å². The number of ether oxygens (including phenoxy) is 1. The van der Waals surface area contributed by atoms with E-state index < -0.39 is 5.97 Å². The van der Waals surface area contributed by atoms with Gasteiger partial charge in [-0.25, -0.2) is 0 Å². The third-order valence-corrected chi connectivity index (χ3v) is 12.5. The Balaban J connectivity index is 0. The fourth-order valence-electron chi connectivity index (χ4n) is 8.57. The van der Waals surface area contributed by atoms with Gasteiger partial charge in [0.25, 0.3) is 0 Å². The molecule has 0 saturated heterocycles. The molecule has 0 aromatic carbocycles. The van der Waals surface area contributed by atoms with Gasteiger partial charge in [0, 0.05) is 6.42 Å². The van der Waals surface area contributed by atoms with E-state index in [2.05, 4.69) is 79.7 Å². The number of unbranched alkanes of at least 4 members (excludes halogenated alkanes) is 26. The van der Waals surface area contributed by atoms with Gasteiger partial charge >= 0.3 is 11.9 Å². The predicted molar refractivity (Wildman–Crippen MR) is 266 cm³/mol. The van der Waals surface area contributed by atoms with Crippen molar-refractivity contribution in [1.29, 1.82) is 0 Å². The van der Waals surface area contributed by atoms with E-state index in [1.165, 1.54) is 186 Å². The second-order valence-electron chi connectivity index (χ2n) is 19.9. The molecule has 0 saturated carbocycles. The zero-order valence-electron chi connectivity index (χ0n) is 42.1. The van der Waals surface area contributed by atoms with Gasteiger partial charge in [0.15, 0.2) is 0 Å². The first-order valence-electron chi connectivity index (χ1n) is 26.7. The van der Waals surface area contributed by atoms with Crippen LogP contribution in [0.2, 0.25) is 0 Å². The van der Waals surface area contributed by atoms with Crippen LogP contribution in [0.15, 0.2) is 24.3 Å². The Bertz CT molecular complexity index is 949. The first-order chi connectivity index (χ1) is 29.0. The zero-order chi connectivity index (χ0) is 44.8. The van der Waals surface area contributed by atoms with Crippen molar-refractivity contribution in [2.24, 2.45) is 23.2 Å². The third kappa shape index (κ3) is 45.9. The number of carboxylic acid groups (broad SMARTS) is 1. The van der Waals surface area contributed by atoms with E-state index in [1.807, 2.05) is 0 Å². The summed E-state index contributed by atoms with van der Waals surface area (Å²) >= 11 is 0. The molecule has 0 radical (unpaired) electrons. The van der Waals surface area contributed by atoms with Crippen LogP contribution in [0.5, 0.6) is 0 Å². The minimum Gasteiger partial charge on any atom is -0.481 e. The van der Waals surface area contributed by atoms with Crippen LogP contribution in [0.1, 0.15) is 293 Å². The van der Waals surface area contributed by atoms with Gasteiger partial charge in [-0.15, -0.1) is 0 Å². The summed E-state index contributed by atoms with van der Waals surface area (Å²) in [6.07, 6.45) is 55.2. The van der Waals surface area contributed by atoms with Gasteiger partial charge in [0.2, 0.25) is 0 Å². The number of hydrogen-bond acceptors (Lipinski definition) is 3. The highest BCUT2D eigenvalue weighted by Crippen LogP contribution is 2.38. The Morgan fingerprint density at radius 2 is 0.867 bits per heavy atom. The number of carbonyl (C=O) groups is 2. The standard InChI is InChI=1S/2C28H54O2/c1-6-8-10-11-12-13-14-15-16-17-18-19-20-21-23-26(27(29)30)28(4,5)24-25(3)22-9-7-2;1-4-5-6-7-8-9-10-11-12-13-14-15-16-19-22-25-28(29)30-26-23-20-17-18-21-24-27(2)3/h15-16,25-26H,6-14,17-24H2,1-5H3,(H,29,30);11-12,27H,4-10,13-26H2,1-3H3/b16-15-;12-11-. The van der Waals surface area contributed by atoms with Crippen LogP contribution >= 0.6 is 0 Å². The zero-order valence-corrected chi connectivity index (χ0v) is 42.1. The van der Waals surface area contributed by atoms with Gasteiger partial charge in [-0.05, 0) is 94.3 Å². The average Bonchev–Trinajstić information content (AvgIpc) is 3.20. The van der Waals surface area contributed by atoms with Crippen LogP contribution < -0.4 is 0 Å². The van der Waals surface area contributed by atoms with E-state index in [4.69, 9.17) is 4.74 Å². The summed E-state index contributed by atoms with van der Waals surface area (Å²) in [5.41, 5.74) is -0.113. The van der Waals surface area contributed by atoms with Gasteiger partial charge in [0.05, 0.1) is 12.5 Å². The lowest BCUT2D eigenvalue weighted by atomic mass is 9.70. The Labute approximate surface area is 377 Å². The molecule has 2 unspecified atom stereocenters.